The molecule has 3 N–H and O–H groups in total. The van der Waals surface area contributed by atoms with Crippen molar-refractivity contribution in [2.75, 3.05) is 19.6 Å². The van der Waals surface area contributed by atoms with Gasteiger partial charge in [0.25, 0.3) is 0 Å². The molecule has 2 heterocycles. The number of hydrogen-bond acceptors (Lipinski definition) is 4. The summed E-state index contributed by atoms with van der Waals surface area (Å²) in [6.07, 6.45) is 6.24. The number of rotatable bonds is 6. The van der Waals surface area contributed by atoms with Crippen molar-refractivity contribution in [3.63, 3.8) is 0 Å². The van der Waals surface area contributed by atoms with Gasteiger partial charge in [-0.05, 0) is 63.7 Å². The van der Waals surface area contributed by atoms with Crippen LogP contribution in [0.5, 0.6) is 0 Å². The molecular formula is C16H25N3O2. The van der Waals surface area contributed by atoms with Gasteiger partial charge in [0.05, 0.1) is 17.8 Å². The van der Waals surface area contributed by atoms with Gasteiger partial charge in [0.2, 0.25) is 5.91 Å². The predicted molar refractivity (Wildman–Crippen MR) is 80.6 cm³/mol. The Labute approximate surface area is 125 Å². The molecular weight excluding hydrogens is 266 g/mol. The number of hydrogen-bond donors (Lipinski definition) is 2. The molecule has 0 aromatic carbocycles. The quantitative estimate of drug-likeness (QED) is 0.836. The summed E-state index contributed by atoms with van der Waals surface area (Å²) in [5.74, 6) is 1.22. The van der Waals surface area contributed by atoms with Gasteiger partial charge in [-0.25, -0.2) is 0 Å². The average Bonchev–Trinajstić information content (AvgIpc) is 2.98. The van der Waals surface area contributed by atoms with Crippen molar-refractivity contribution in [2.24, 2.45) is 11.7 Å². The van der Waals surface area contributed by atoms with Crippen LogP contribution in [0, 0.1) is 5.92 Å². The molecule has 2 atom stereocenters. The molecule has 0 bridgehead atoms. The zero-order chi connectivity index (χ0) is 14.9. The number of amides is 1. The minimum absolute atomic E-state index is 0.0410. The summed E-state index contributed by atoms with van der Waals surface area (Å²) in [5, 5.41) is 3.04. The standard InChI is InChI=1S/C16H25N3O2/c1-16(17,12-6-7-12)15(20)18-11-13(14-5-4-10-21-14)19-8-2-3-9-19/h4-5,10,12-13H,2-3,6-9,11,17H2,1H3,(H,18,20). The molecule has 2 fully saturated rings. The molecule has 3 rings (SSSR count). The van der Waals surface area contributed by atoms with Crippen LogP contribution in [0.2, 0.25) is 0 Å². The topological polar surface area (TPSA) is 71.5 Å². The van der Waals surface area contributed by atoms with Crippen molar-refractivity contribution in [1.29, 1.82) is 0 Å². The Hall–Kier alpha value is -1.33. The molecule has 1 aliphatic carbocycles. The van der Waals surface area contributed by atoms with E-state index < -0.39 is 5.54 Å². The highest BCUT2D eigenvalue weighted by Crippen LogP contribution is 2.38. The fourth-order valence-corrected chi connectivity index (χ4v) is 3.19. The SMILES string of the molecule is CC(N)(C(=O)NCC(c1ccco1)N1CCCC1)C1CC1. The van der Waals surface area contributed by atoms with E-state index in [-0.39, 0.29) is 11.9 Å². The second-order valence-corrected chi connectivity index (χ2v) is 6.54. The lowest BCUT2D eigenvalue weighted by molar-refractivity contribution is -0.126. The van der Waals surface area contributed by atoms with Crippen molar-refractivity contribution in [2.45, 2.75) is 44.2 Å². The van der Waals surface area contributed by atoms with E-state index in [2.05, 4.69) is 10.2 Å². The monoisotopic (exact) mass is 291 g/mol. The molecule has 5 nitrogen and oxygen atoms in total. The minimum Gasteiger partial charge on any atom is -0.468 e. The first-order valence-electron chi connectivity index (χ1n) is 7.93. The van der Waals surface area contributed by atoms with Crippen molar-refractivity contribution >= 4 is 5.91 Å². The van der Waals surface area contributed by atoms with Crippen molar-refractivity contribution < 1.29 is 9.21 Å². The van der Waals surface area contributed by atoms with E-state index in [0.717, 1.165) is 31.7 Å². The molecule has 2 unspecified atom stereocenters. The molecule has 1 saturated carbocycles. The number of nitrogens with two attached hydrogens (primary N) is 1. The van der Waals surface area contributed by atoms with Crippen LogP contribution < -0.4 is 11.1 Å². The van der Waals surface area contributed by atoms with Crippen LogP contribution in [0.3, 0.4) is 0 Å². The summed E-state index contributed by atoms with van der Waals surface area (Å²) in [5.41, 5.74) is 5.44. The van der Waals surface area contributed by atoms with Crippen LogP contribution in [0.15, 0.2) is 22.8 Å². The molecule has 21 heavy (non-hydrogen) atoms. The van der Waals surface area contributed by atoms with Crippen LogP contribution in [0.4, 0.5) is 0 Å². The van der Waals surface area contributed by atoms with E-state index in [9.17, 15) is 4.79 Å². The number of likely N-dealkylation sites (tertiary alicyclic amines) is 1. The summed E-state index contributed by atoms with van der Waals surface area (Å²) < 4.78 is 5.56. The summed E-state index contributed by atoms with van der Waals surface area (Å²) in [6.45, 7) is 4.52. The maximum Gasteiger partial charge on any atom is 0.240 e. The third kappa shape index (κ3) is 3.14. The summed E-state index contributed by atoms with van der Waals surface area (Å²) in [4.78, 5) is 14.7. The second-order valence-electron chi connectivity index (χ2n) is 6.54. The van der Waals surface area contributed by atoms with Gasteiger partial charge in [0, 0.05) is 6.54 Å². The third-order valence-electron chi connectivity index (χ3n) is 4.82. The van der Waals surface area contributed by atoms with Gasteiger partial charge in [0.1, 0.15) is 5.76 Å². The first kappa shape index (κ1) is 14.6. The summed E-state index contributed by atoms with van der Waals surface area (Å²) in [7, 11) is 0. The molecule has 1 aromatic rings. The lowest BCUT2D eigenvalue weighted by Gasteiger charge is -2.29. The van der Waals surface area contributed by atoms with Crippen molar-refractivity contribution in [3.8, 4) is 0 Å². The van der Waals surface area contributed by atoms with E-state index in [1.807, 2.05) is 19.1 Å². The first-order valence-corrected chi connectivity index (χ1v) is 7.93. The maximum atomic E-state index is 12.3. The fraction of sp³-hybridized carbons (Fsp3) is 0.688. The Balaban J connectivity index is 1.63. The lowest BCUT2D eigenvalue weighted by atomic mass is 9.96. The zero-order valence-corrected chi connectivity index (χ0v) is 12.7. The molecule has 2 aliphatic rings. The van der Waals surface area contributed by atoms with Crippen molar-refractivity contribution in [3.05, 3.63) is 24.2 Å². The highest BCUT2D eigenvalue weighted by Gasteiger charge is 2.44. The molecule has 0 spiro atoms. The molecule has 1 amide bonds. The third-order valence-corrected chi connectivity index (χ3v) is 4.82. The van der Waals surface area contributed by atoms with E-state index in [1.165, 1.54) is 12.8 Å². The van der Waals surface area contributed by atoms with Crippen LogP contribution in [0.1, 0.15) is 44.4 Å². The molecule has 1 aromatic heterocycles. The Morgan fingerprint density at radius 3 is 2.81 bits per heavy atom. The van der Waals surface area contributed by atoms with Crippen LogP contribution >= 0.6 is 0 Å². The second kappa shape index (κ2) is 5.81. The van der Waals surface area contributed by atoms with E-state index in [4.69, 9.17) is 10.2 Å². The number of nitrogens with zero attached hydrogens (tertiary/aromatic N) is 1. The Morgan fingerprint density at radius 1 is 1.52 bits per heavy atom. The van der Waals surface area contributed by atoms with E-state index >= 15 is 0 Å². The van der Waals surface area contributed by atoms with Gasteiger partial charge in [-0.3, -0.25) is 9.69 Å². The largest absolute Gasteiger partial charge is 0.468 e. The number of carbonyl (C=O) groups is 1. The Bertz CT molecular complexity index is 474. The normalized spacial score (nSPS) is 23.7. The summed E-state index contributed by atoms with van der Waals surface area (Å²) >= 11 is 0. The van der Waals surface area contributed by atoms with Gasteiger partial charge < -0.3 is 15.5 Å². The van der Waals surface area contributed by atoms with Gasteiger partial charge in [0.15, 0.2) is 0 Å². The van der Waals surface area contributed by atoms with Crippen LogP contribution in [0.25, 0.3) is 0 Å². The van der Waals surface area contributed by atoms with Crippen molar-refractivity contribution in [1.82, 2.24) is 10.2 Å². The smallest absolute Gasteiger partial charge is 0.240 e. The number of furan rings is 1. The predicted octanol–water partition coefficient (Wildman–Crippen LogP) is 1.66. The first-order chi connectivity index (χ1) is 10.1. The molecule has 116 valence electrons. The number of nitrogens with one attached hydrogen (secondary N) is 1. The maximum absolute atomic E-state index is 12.3. The molecule has 1 saturated heterocycles. The lowest BCUT2D eigenvalue weighted by Crippen LogP contribution is -2.54. The molecule has 1 aliphatic heterocycles. The van der Waals surface area contributed by atoms with Crippen LogP contribution in [-0.2, 0) is 4.79 Å². The molecule has 0 radical (unpaired) electrons. The highest BCUT2D eigenvalue weighted by atomic mass is 16.3. The van der Waals surface area contributed by atoms with Gasteiger partial charge in [-0.15, -0.1) is 0 Å². The van der Waals surface area contributed by atoms with Crippen LogP contribution in [-0.4, -0.2) is 36.0 Å². The Morgan fingerprint density at radius 2 is 2.24 bits per heavy atom. The Kier molecular flexibility index (Phi) is 4.04. The average molecular weight is 291 g/mol. The van der Waals surface area contributed by atoms with Gasteiger partial charge >= 0.3 is 0 Å². The van der Waals surface area contributed by atoms with Gasteiger partial charge in [-0.2, -0.15) is 0 Å². The molecule has 5 heteroatoms. The van der Waals surface area contributed by atoms with E-state index in [0.29, 0.717) is 12.5 Å². The fourth-order valence-electron chi connectivity index (χ4n) is 3.19. The minimum atomic E-state index is -0.737. The van der Waals surface area contributed by atoms with E-state index in [1.54, 1.807) is 6.26 Å². The number of carbonyl (C=O) groups excluding carboxylic acids is 1. The highest BCUT2D eigenvalue weighted by molar-refractivity contribution is 5.86. The zero-order valence-electron chi connectivity index (χ0n) is 12.7. The van der Waals surface area contributed by atoms with Gasteiger partial charge in [-0.1, -0.05) is 0 Å². The summed E-state index contributed by atoms with van der Waals surface area (Å²) in [6, 6.07) is 4.00.